The van der Waals surface area contributed by atoms with Crippen molar-refractivity contribution in [3.63, 3.8) is 0 Å². The minimum atomic E-state index is -3.88. The molecular formula is C4H5ClN4O3S2. The zero-order valence-corrected chi connectivity index (χ0v) is 9.20. The minimum Gasteiger partial charge on any atom is -0.341 e. The number of carbonyl (C=O) groups is 1. The number of halogens is 1. The van der Waals surface area contributed by atoms with Gasteiger partial charge in [-0.1, -0.05) is 11.3 Å². The molecule has 0 atom stereocenters. The van der Waals surface area contributed by atoms with E-state index in [4.69, 9.17) is 10.7 Å². The van der Waals surface area contributed by atoms with E-state index in [9.17, 15) is 13.2 Å². The van der Waals surface area contributed by atoms with E-state index in [2.05, 4.69) is 20.8 Å². The maximum atomic E-state index is 10.8. The van der Waals surface area contributed by atoms with Crippen LogP contribution in [0.5, 0.6) is 0 Å². The lowest BCUT2D eigenvalue weighted by atomic mass is 10.9. The van der Waals surface area contributed by atoms with E-state index in [-0.39, 0.29) is 9.47 Å². The summed E-state index contributed by atoms with van der Waals surface area (Å²) in [4.78, 5) is 10.8. The number of hydrogen-bond donors (Lipinski definition) is 2. The van der Waals surface area contributed by atoms with Gasteiger partial charge < -0.3 is 5.32 Å². The zero-order chi connectivity index (χ0) is 10.8. The molecule has 1 rings (SSSR count). The van der Waals surface area contributed by atoms with Gasteiger partial charge in [-0.3, -0.25) is 5.32 Å². The minimum absolute atomic E-state index is 0.0589. The van der Waals surface area contributed by atoms with Gasteiger partial charge in [0.2, 0.25) is 9.47 Å². The SMILES string of the molecule is CNC(=O)Nc1nnc(S(=O)(=O)Cl)s1. The van der Waals surface area contributed by atoms with Gasteiger partial charge in [0.05, 0.1) is 0 Å². The van der Waals surface area contributed by atoms with Crippen LogP contribution in [0.15, 0.2) is 4.34 Å². The Labute approximate surface area is 87.9 Å². The molecule has 0 unspecified atom stereocenters. The topological polar surface area (TPSA) is 101 Å². The number of nitrogens with zero attached hydrogens (tertiary/aromatic N) is 2. The second-order valence-corrected chi connectivity index (χ2v) is 5.73. The van der Waals surface area contributed by atoms with E-state index in [1.165, 1.54) is 7.05 Å². The molecule has 1 aromatic rings. The normalized spacial score (nSPS) is 11.0. The molecule has 2 N–H and O–H groups in total. The first-order chi connectivity index (χ1) is 6.43. The predicted molar refractivity (Wildman–Crippen MR) is 51.0 cm³/mol. The van der Waals surface area contributed by atoms with Crippen LogP contribution in [0.2, 0.25) is 0 Å². The number of rotatable bonds is 2. The van der Waals surface area contributed by atoms with Crippen LogP contribution in [0.3, 0.4) is 0 Å². The molecule has 0 radical (unpaired) electrons. The highest BCUT2D eigenvalue weighted by Crippen LogP contribution is 2.22. The quantitative estimate of drug-likeness (QED) is 0.582. The Hall–Kier alpha value is -0.930. The van der Waals surface area contributed by atoms with Crippen molar-refractivity contribution in [2.45, 2.75) is 4.34 Å². The summed E-state index contributed by atoms with van der Waals surface area (Å²) in [7, 11) is 2.53. The lowest BCUT2D eigenvalue weighted by Crippen LogP contribution is -2.24. The van der Waals surface area contributed by atoms with Gasteiger partial charge in [0, 0.05) is 17.7 Å². The fourth-order valence-electron chi connectivity index (χ4n) is 0.518. The molecule has 0 fully saturated rings. The summed E-state index contributed by atoms with van der Waals surface area (Å²) in [6.45, 7) is 0. The molecule has 0 aliphatic carbocycles. The molecule has 2 amide bonds. The van der Waals surface area contributed by atoms with Gasteiger partial charge in [0.1, 0.15) is 0 Å². The van der Waals surface area contributed by atoms with Crippen molar-refractivity contribution in [3.05, 3.63) is 0 Å². The smallest absolute Gasteiger partial charge is 0.320 e. The van der Waals surface area contributed by atoms with Crippen LogP contribution in [0.1, 0.15) is 0 Å². The Balaban J connectivity index is 2.84. The van der Waals surface area contributed by atoms with Crippen molar-refractivity contribution in [1.29, 1.82) is 0 Å². The number of amides is 2. The van der Waals surface area contributed by atoms with Crippen LogP contribution in [-0.4, -0.2) is 31.7 Å². The Morgan fingerprint density at radius 2 is 2.14 bits per heavy atom. The third kappa shape index (κ3) is 2.79. The molecule has 7 nitrogen and oxygen atoms in total. The van der Waals surface area contributed by atoms with Crippen LogP contribution in [0, 0.1) is 0 Å². The van der Waals surface area contributed by atoms with Gasteiger partial charge >= 0.3 is 6.03 Å². The molecule has 0 bridgehead atoms. The Morgan fingerprint density at radius 3 is 2.57 bits per heavy atom. The largest absolute Gasteiger partial charge is 0.341 e. The van der Waals surface area contributed by atoms with E-state index in [1.54, 1.807) is 0 Å². The maximum Gasteiger partial charge on any atom is 0.320 e. The summed E-state index contributed by atoms with van der Waals surface area (Å²) < 4.78 is 21.1. The molecular weight excluding hydrogens is 252 g/mol. The number of anilines is 1. The molecule has 0 aromatic carbocycles. The van der Waals surface area contributed by atoms with Crippen molar-refractivity contribution >= 4 is 42.2 Å². The summed E-state index contributed by atoms with van der Waals surface area (Å²) in [5.41, 5.74) is 0. The van der Waals surface area contributed by atoms with E-state index in [1.807, 2.05) is 0 Å². The van der Waals surface area contributed by atoms with E-state index in [0.29, 0.717) is 11.3 Å². The molecule has 10 heteroatoms. The molecule has 0 saturated heterocycles. The summed E-state index contributed by atoms with van der Waals surface area (Å²) >= 11 is 0.669. The number of hydrogen-bond acceptors (Lipinski definition) is 6. The number of aromatic nitrogens is 2. The van der Waals surface area contributed by atoms with Gasteiger partial charge in [-0.15, -0.1) is 10.2 Å². The molecule has 1 heterocycles. The third-order valence-corrected chi connectivity index (χ3v) is 3.82. The van der Waals surface area contributed by atoms with Crippen molar-refractivity contribution in [2.75, 3.05) is 12.4 Å². The van der Waals surface area contributed by atoms with Crippen molar-refractivity contribution in [1.82, 2.24) is 15.5 Å². The first kappa shape index (κ1) is 11.1. The van der Waals surface area contributed by atoms with Gasteiger partial charge in [-0.25, -0.2) is 13.2 Å². The first-order valence-electron chi connectivity index (χ1n) is 3.20. The maximum absolute atomic E-state index is 10.8. The van der Waals surface area contributed by atoms with Crippen LogP contribution < -0.4 is 10.6 Å². The summed E-state index contributed by atoms with van der Waals surface area (Å²) in [6.07, 6.45) is 0. The molecule has 14 heavy (non-hydrogen) atoms. The van der Waals surface area contributed by atoms with Crippen LogP contribution in [0.25, 0.3) is 0 Å². The van der Waals surface area contributed by atoms with E-state index in [0.717, 1.165) is 0 Å². The van der Waals surface area contributed by atoms with Crippen LogP contribution >= 0.6 is 22.0 Å². The fourth-order valence-corrected chi connectivity index (χ4v) is 2.14. The first-order valence-corrected chi connectivity index (χ1v) is 6.33. The molecule has 1 aromatic heterocycles. The van der Waals surface area contributed by atoms with Crippen LogP contribution in [0.4, 0.5) is 9.93 Å². The molecule has 0 aliphatic heterocycles. The second-order valence-electron chi connectivity index (χ2n) is 2.02. The molecule has 78 valence electrons. The fraction of sp³-hybridized carbons (Fsp3) is 0.250. The summed E-state index contributed by atoms with van der Waals surface area (Å²) in [6, 6.07) is -0.514. The van der Waals surface area contributed by atoms with Gasteiger partial charge in [-0.05, 0) is 0 Å². The lowest BCUT2D eigenvalue weighted by molar-refractivity contribution is 0.254. The van der Waals surface area contributed by atoms with Gasteiger partial charge in [0.25, 0.3) is 9.05 Å². The van der Waals surface area contributed by atoms with E-state index < -0.39 is 15.1 Å². The van der Waals surface area contributed by atoms with Crippen molar-refractivity contribution in [3.8, 4) is 0 Å². The molecule has 0 saturated carbocycles. The van der Waals surface area contributed by atoms with Crippen LogP contribution in [-0.2, 0) is 9.05 Å². The van der Waals surface area contributed by atoms with Crippen molar-refractivity contribution < 1.29 is 13.2 Å². The lowest BCUT2D eigenvalue weighted by Gasteiger charge is -1.96. The highest BCUT2D eigenvalue weighted by atomic mass is 35.7. The third-order valence-electron chi connectivity index (χ3n) is 1.06. The molecule has 0 aliphatic rings. The molecule has 0 spiro atoms. The number of urea groups is 1. The van der Waals surface area contributed by atoms with E-state index >= 15 is 0 Å². The average Bonchev–Trinajstić information content (AvgIpc) is 2.51. The predicted octanol–water partition coefficient (Wildman–Crippen LogP) is 0.217. The number of nitrogens with one attached hydrogen (secondary N) is 2. The van der Waals surface area contributed by atoms with Gasteiger partial charge in [-0.2, -0.15) is 0 Å². The average molecular weight is 257 g/mol. The van der Waals surface area contributed by atoms with Gasteiger partial charge in [0.15, 0.2) is 0 Å². The highest BCUT2D eigenvalue weighted by molar-refractivity contribution is 8.15. The zero-order valence-electron chi connectivity index (χ0n) is 6.81. The standard InChI is InChI=1S/C4H5ClN4O3S2/c1-6-2(10)7-3-8-9-4(13-3)14(5,11)12/h1H3,(H2,6,7,8,10). The Kier molecular flexibility index (Phi) is 3.24. The second kappa shape index (κ2) is 4.07. The Bertz CT molecular complexity index is 441. The highest BCUT2D eigenvalue weighted by Gasteiger charge is 2.17. The Morgan fingerprint density at radius 1 is 1.50 bits per heavy atom. The summed E-state index contributed by atoms with van der Waals surface area (Å²) in [5.74, 6) is 0. The number of carbonyl (C=O) groups excluding carboxylic acids is 1. The monoisotopic (exact) mass is 256 g/mol. The summed E-state index contributed by atoms with van der Waals surface area (Å²) in [5, 5.41) is 11.3. The van der Waals surface area contributed by atoms with Crippen molar-refractivity contribution in [2.24, 2.45) is 0 Å².